The first kappa shape index (κ1) is 16.4. The van der Waals surface area contributed by atoms with Gasteiger partial charge in [0.2, 0.25) is 5.89 Å². The number of likely N-dealkylation sites (tertiary alicyclic amines) is 1. The summed E-state index contributed by atoms with van der Waals surface area (Å²) in [5, 5.41) is 14.4. The van der Waals surface area contributed by atoms with Gasteiger partial charge < -0.3 is 9.63 Å². The van der Waals surface area contributed by atoms with Crippen LogP contribution in [-0.2, 0) is 12.3 Å². The molecule has 0 amide bonds. The molecule has 0 aromatic carbocycles. The van der Waals surface area contributed by atoms with Crippen LogP contribution in [0.25, 0.3) is 0 Å². The van der Waals surface area contributed by atoms with Gasteiger partial charge in [0, 0.05) is 6.20 Å². The number of aliphatic hydroxyl groups excluding tert-OH is 1. The molecule has 0 saturated carbocycles. The van der Waals surface area contributed by atoms with Crippen molar-refractivity contribution in [1.82, 2.24) is 20.0 Å². The fourth-order valence-electron chi connectivity index (χ4n) is 2.95. The number of thioether (sulfide) groups is 1. The molecule has 2 aromatic heterocycles. The van der Waals surface area contributed by atoms with E-state index in [0.29, 0.717) is 12.4 Å². The Morgan fingerprint density at radius 1 is 1.39 bits per heavy atom. The van der Waals surface area contributed by atoms with E-state index in [0.717, 1.165) is 43.2 Å². The number of hydrogen-bond donors (Lipinski definition) is 1. The van der Waals surface area contributed by atoms with E-state index in [9.17, 15) is 5.11 Å². The minimum Gasteiger partial charge on any atom is -0.387 e. The lowest BCUT2D eigenvalue weighted by atomic mass is 9.89. The SMILES string of the molecule is CSCc1noc(CN2CCC(C(O)c3ccccn3)CC2)n1. The molecule has 0 radical (unpaired) electrons. The van der Waals surface area contributed by atoms with Crippen molar-refractivity contribution >= 4 is 11.8 Å². The van der Waals surface area contributed by atoms with Gasteiger partial charge in [-0.1, -0.05) is 11.2 Å². The minimum absolute atomic E-state index is 0.260. The smallest absolute Gasteiger partial charge is 0.240 e. The van der Waals surface area contributed by atoms with Gasteiger partial charge in [-0.3, -0.25) is 9.88 Å². The second-order valence-electron chi connectivity index (χ2n) is 5.85. The third-order valence-electron chi connectivity index (χ3n) is 4.21. The summed E-state index contributed by atoms with van der Waals surface area (Å²) in [6, 6.07) is 5.68. The van der Waals surface area contributed by atoms with Crippen LogP contribution in [0.5, 0.6) is 0 Å². The molecule has 0 bridgehead atoms. The first-order valence-electron chi connectivity index (χ1n) is 7.88. The maximum atomic E-state index is 10.5. The number of hydrogen-bond acceptors (Lipinski definition) is 7. The number of aromatic nitrogens is 3. The van der Waals surface area contributed by atoms with Crippen LogP contribution in [0.2, 0.25) is 0 Å². The van der Waals surface area contributed by atoms with Crippen molar-refractivity contribution in [3.63, 3.8) is 0 Å². The molecule has 6 nitrogen and oxygen atoms in total. The molecule has 1 atom stereocenters. The number of piperidine rings is 1. The van der Waals surface area contributed by atoms with Gasteiger partial charge in [-0.15, -0.1) is 0 Å². The summed E-state index contributed by atoms with van der Waals surface area (Å²) in [6.45, 7) is 2.54. The van der Waals surface area contributed by atoms with E-state index >= 15 is 0 Å². The van der Waals surface area contributed by atoms with Gasteiger partial charge in [-0.25, -0.2) is 0 Å². The Kier molecular flexibility index (Phi) is 5.64. The van der Waals surface area contributed by atoms with Crippen molar-refractivity contribution in [2.75, 3.05) is 19.3 Å². The van der Waals surface area contributed by atoms with Crippen molar-refractivity contribution < 1.29 is 9.63 Å². The van der Waals surface area contributed by atoms with E-state index in [-0.39, 0.29) is 5.92 Å². The van der Waals surface area contributed by atoms with Gasteiger partial charge in [0.25, 0.3) is 0 Å². The quantitative estimate of drug-likeness (QED) is 0.868. The second kappa shape index (κ2) is 7.90. The van der Waals surface area contributed by atoms with Crippen LogP contribution in [0.1, 0.15) is 36.4 Å². The molecule has 1 saturated heterocycles. The molecule has 1 aliphatic rings. The van der Waals surface area contributed by atoms with E-state index in [1.54, 1.807) is 18.0 Å². The highest BCUT2D eigenvalue weighted by Crippen LogP contribution is 2.30. The van der Waals surface area contributed by atoms with E-state index < -0.39 is 6.10 Å². The van der Waals surface area contributed by atoms with Gasteiger partial charge >= 0.3 is 0 Å². The van der Waals surface area contributed by atoms with Crippen molar-refractivity contribution in [3.8, 4) is 0 Å². The first-order valence-corrected chi connectivity index (χ1v) is 9.27. The lowest BCUT2D eigenvalue weighted by molar-refractivity contribution is 0.0511. The molecule has 7 heteroatoms. The largest absolute Gasteiger partial charge is 0.387 e. The van der Waals surface area contributed by atoms with Crippen molar-refractivity contribution in [2.24, 2.45) is 5.92 Å². The topological polar surface area (TPSA) is 75.3 Å². The molecular formula is C16H22N4O2S. The Labute approximate surface area is 140 Å². The fourth-order valence-corrected chi connectivity index (χ4v) is 3.33. The lowest BCUT2D eigenvalue weighted by Gasteiger charge is -2.33. The van der Waals surface area contributed by atoms with E-state index in [2.05, 4.69) is 20.0 Å². The summed E-state index contributed by atoms with van der Waals surface area (Å²) < 4.78 is 5.29. The van der Waals surface area contributed by atoms with Crippen LogP contribution in [-0.4, -0.2) is 44.5 Å². The normalized spacial score (nSPS) is 18.2. The molecule has 23 heavy (non-hydrogen) atoms. The van der Waals surface area contributed by atoms with Crippen molar-refractivity contribution in [2.45, 2.75) is 31.2 Å². The average molecular weight is 334 g/mol. The molecule has 124 valence electrons. The summed E-state index contributed by atoms with van der Waals surface area (Å²) >= 11 is 1.68. The first-order chi connectivity index (χ1) is 11.3. The summed E-state index contributed by atoms with van der Waals surface area (Å²) in [7, 11) is 0. The number of rotatable bonds is 6. The summed E-state index contributed by atoms with van der Waals surface area (Å²) in [6.07, 6.45) is 5.17. The standard InChI is InChI=1S/C16H22N4O2S/c1-23-11-14-18-15(22-19-14)10-20-8-5-12(6-9-20)16(21)13-4-2-3-7-17-13/h2-4,7,12,16,21H,5-6,8-11H2,1H3. The fraction of sp³-hybridized carbons (Fsp3) is 0.562. The third kappa shape index (κ3) is 4.31. The number of pyridine rings is 1. The minimum atomic E-state index is -0.477. The van der Waals surface area contributed by atoms with E-state index in [1.165, 1.54) is 0 Å². The van der Waals surface area contributed by atoms with Crippen molar-refractivity contribution in [3.05, 3.63) is 41.8 Å². The Morgan fingerprint density at radius 2 is 2.22 bits per heavy atom. The van der Waals surface area contributed by atoms with Gasteiger partial charge in [0.1, 0.15) is 0 Å². The van der Waals surface area contributed by atoms with Gasteiger partial charge in [-0.2, -0.15) is 16.7 Å². The Hall–Kier alpha value is -1.44. The maximum Gasteiger partial charge on any atom is 0.240 e. The zero-order valence-corrected chi connectivity index (χ0v) is 14.1. The van der Waals surface area contributed by atoms with Gasteiger partial charge in [0.05, 0.1) is 24.1 Å². The zero-order chi connectivity index (χ0) is 16.1. The molecule has 1 unspecified atom stereocenters. The van der Waals surface area contributed by atoms with E-state index in [4.69, 9.17) is 4.52 Å². The molecule has 1 fully saturated rings. The summed E-state index contributed by atoms with van der Waals surface area (Å²) in [5.74, 6) is 2.48. The number of aliphatic hydroxyl groups is 1. The second-order valence-corrected chi connectivity index (χ2v) is 6.72. The van der Waals surface area contributed by atoms with Gasteiger partial charge in [-0.05, 0) is 50.2 Å². The zero-order valence-electron chi connectivity index (χ0n) is 13.3. The Balaban J connectivity index is 1.50. The van der Waals surface area contributed by atoms with Crippen LogP contribution in [0, 0.1) is 5.92 Å². The molecule has 3 rings (SSSR count). The third-order valence-corrected chi connectivity index (χ3v) is 4.76. The summed E-state index contributed by atoms with van der Waals surface area (Å²) in [4.78, 5) is 11.0. The average Bonchev–Trinajstić information content (AvgIpc) is 3.03. The Bertz CT molecular complexity index is 599. The molecule has 1 aliphatic heterocycles. The highest BCUT2D eigenvalue weighted by Gasteiger charge is 2.27. The van der Waals surface area contributed by atoms with E-state index in [1.807, 2.05) is 24.5 Å². The van der Waals surface area contributed by atoms with Crippen LogP contribution < -0.4 is 0 Å². The number of nitrogens with zero attached hydrogens (tertiary/aromatic N) is 4. The van der Waals surface area contributed by atoms with Crippen molar-refractivity contribution in [1.29, 1.82) is 0 Å². The highest BCUT2D eigenvalue weighted by molar-refractivity contribution is 7.97. The van der Waals surface area contributed by atoms with Crippen LogP contribution in [0.15, 0.2) is 28.9 Å². The van der Waals surface area contributed by atoms with Crippen LogP contribution >= 0.6 is 11.8 Å². The Morgan fingerprint density at radius 3 is 2.91 bits per heavy atom. The molecule has 0 aliphatic carbocycles. The monoisotopic (exact) mass is 334 g/mol. The van der Waals surface area contributed by atoms with Crippen LogP contribution in [0.3, 0.4) is 0 Å². The molecule has 1 N–H and O–H groups in total. The van der Waals surface area contributed by atoms with Crippen LogP contribution in [0.4, 0.5) is 0 Å². The molecular weight excluding hydrogens is 312 g/mol. The molecule has 2 aromatic rings. The molecule has 0 spiro atoms. The highest BCUT2D eigenvalue weighted by atomic mass is 32.2. The molecule has 3 heterocycles. The van der Waals surface area contributed by atoms with Gasteiger partial charge in [0.15, 0.2) is 5.82 Å². The predicted molar refractivity (Wildman–Crippen MR) is 88.7 cm³/mol. The predicted octanol–water partition coefficient (Wildman–Crippen LogP) is 2.27. The maximum absolute atomic E-state index is 10.5. The summed E-state index contributed by atoms with van der Waals surface area (Å²) in [5.41, 5.74) is 0.768. The lowest BCUT2D eigenvalue weighted by Crippen LogP contribution is -2.35.